The molecule has 0 nitrogen and oxygen atoms in total. The second-order valence-electron chi connectivity index (χ2n) is 6.94. The summed E-state index contributed by atoms with van der Waals surface area (Å²) in [6.45, 7) is 0. The average Bonchev–Trinajstić information content (AvgIpc) is 2.36. The van der Waals surface area contributed by atoms with Crippen molar-refractivity contribution in [1.82, 2.24) is 0 Å². The summed E-state index contributed by atoms with van der Waals surface area (Å²) in [6, 6.07) is 11.9. The van der Waals surface area contributed by atoms with Crippen molar-refractivity contribution in [2.45, 2.75) is 43.9 Å². The molecule has 0 saturated heterocycles. The Labute approximate surface area is 115 Å². The topological polar surface area (TPSA) is 0 Å². The van der Waals surface area contributed by atoms with Gasteiger partial charge in [-0.15, -0.1) is 11.6 Å². The van der Waals surface area contributed by atoms with E-state index in [1.165, 1.54) is 37.7 Å². The van der Waals surface area contributed by atoms with Gasteiger partial charge in [0.25, 0.3) is 0 Å². The summed E-state index contributed by atoms with van der Waals surface area (Å²) in [5, 5.41) is 0.416. The fraction of sp³-hybridized carbons (Fsp3) is 0.647. The summed E-state index contributed by atoms with van der Waals surface area (Å²) in [6.07, 6.45) is 8.20. The van der Waals surface area contributed by atoms with Gasteiger partial charge in [0, 0.05) is 5.38 Å². The zero-order valence-corrected chi connectivity index (χ0v) is 11.5. The highest BCUT2D eigenvalue weighted by Gasteiger charge is 2.56. The molecule has 0 spiro atoms. The van der Waals surface area contributed by atoms with Gasteiger partial charge in [0.05, 0.1) is 0 Å². The highest BCUT2D eigenvalue weighted by atomic mass is 35.5. The molecule has 4 saturated carbocycles. The summed E-state index contributed by atoms with van der Waals surface area (Å²) in [7, 11) is 0. The Morgan fingerprint density at radius 1 is 1.17 bits per heavy atom. The highest BCUT2D eigenvalue weighted by molar-refractivity contribution is 6.21. The first-order chi connectivity index (χ1) is 8.75. The third-order valence-corrected chi connectivity index (χ3v) is 6.46. The van der Waals surface area contributed by atoms with Crippen molar-refractivity contribution >= 4 is 11.6 Å². The number of benzene rings is 1. The molecule has 5 rings (SSSR count). The van der Waals surface area contributed by atoms with Crippen LogP contribution in [-0.2, 0) is 6.42 Å². The van der Waals surface area contributed by atoms with E-state index in [-0.39, 0.29) is 0 Å². The Kier molecular flexibility index (Phi) is 2.52. The van der Waals surface area contributed by atoms with E-state index in [9.17, 15) is 0 Å². The van der Waals surface area contributed by atoms with E-state index in [4.69, 9.17) is 11.6 Å². The summed E-state index contributed by atoms with van der Waals surface area (Å²) in [5.41, 5.74) is 1.76. The molecule has 3 unspecified atom stereocenters. The molecule has 18 heavy (non-hydrogen) atoms. The van der Waals surface area contributed by atoms with Crippen LogP contribution in [0.5, 0.6) is 0 Å². The molecular formula is C17H20Cl. The smallest absolute Gasteiger partial charge is 0.0424 e. The van der Waals surface area contributed by atoms with Gasteiger partial charge in [-0.2, -0.15) is 0 Å². The summed E-state index contributed by atoms with van der Waals surface area (Å²) >= 11 is 6.86. The lowest BCUT2D eigenvalue weighted by Gasteiger charge is -2.59. The third-order valence-electron chi connectivity index (χ3n) is 5.64. The molecule has 3 atom stereocenters. The second kappa shape index (κ2) is 4.00. The third kappa shape index (κ3) is 1.65. The van der Waals surface area contributed by atoms with Crippen LogP contribution in [-0.4, -0.2) is 5.38 Å². The molecule has 1 aromatic carbocycles. The molecule has 0 amide bonds. The monoisotopic (exact) mass is 259 g/mol. The summed E-state index contributed by atoms with van der Waals surface area (Å²) in [5.74, 6) is 2.75. The summed E-state index contributed by atoms with van der Waals surface area (Å²) in [4.78, 5) is 0. The van der Waals surface area contributed by atoms with E-state index in [0.29, 0.717) is 10.8 Å². The van der Waals surface area contributed by atoms with Crippen LogP contribution in [0.15, 0.2) is 24.3 Å². The molecule has 1 heteroatoms. The maximum absolute atomic E-state index is 6.86. The van der Waals surface area contributed by atoms with Crippen LogP contribution in [0.2, 0.25) is 0 Å². The van der Waals surface area contributed by atoms with Crippen LogP contribution in [0, 0.1) is 29.2 Å². The van der Waals surface area contributed by atoms with Crippen molar-refractivity contribution in [2.75, 3.05) is 0 Å². The fourth-order valence-corrected chi connectivity index (χ4v) is 5.77. The van der Waals surface area contributed by atoms with E-state index >= 15 is 0 Å². The minimum Gasteiger partial charge on any atom is -0.122 e. The molecule has 0 aromatic heterocycles. The first-order valence-corrected chi connectivity index (χ1v) is 7.78. The zero-order valence-electron chi connectivity index (χ0n) is 10.7. The predicted molar refractivity (Wildman–Crippen MR) is 74.6 cm³/mol. The van der Waals surface area contributed by atoms with E-state index in [1.807, 2.05) is 6.07 Å². The Morgan fingerprint density at radius 2 is 1.94 bits per heavy atom. The Bertz CT molecular complexity index is 424. The highest BCUT2D eigenvalue weighted by Crippen LogP contribution is 2.62. The lowest BCUT2D eigenvalue weighted by atomic mass is 9.48. The maximum Gasteiger partial charge on any atom is 0.0424 e. The number of rotatable bonds is 2. The van der Waals surface area contributed by atoms with Crippen LogP contribution in [0.25, 0.3) is 0 Å². The average molecular weight is 260 g/mol. The van der Waals surface area contributed by atoms with Crippen LogP contribution < -0.4 is 0 Å². The van der Waals surface area contributed by atoms with Gasteiger partial charge < -0.3 is 0 Å². The molecule has 0 heterocycles. The Hall–Kier alpha value is -0.490. The lowest BCUT2D eigenvalue weighted by Crippen LogP contribution is -2.54. The van der Waals surface area contributed by atoms with Gasteiger partial charge in [0.15, 0.2) is 0 Å². The standard InChI is InChI=1S/C17H20Cl/c18-16-15-7-13-6-14(8-15)11-17(16,10-13)9-12-4-2-1-3-5-12/h1-4,13-16H,6-11H2. The minimum atomic E-state index is 0.397. The number of hydrogen-bond donors (Lipinski definition) is 0. The first kappa shape index (κ1) is 11.3. The van der Waals surface area contributed by atoms with Gasteiger partial charge in [-0.05, 0) is 73.3 Å². The van der Waals surface area contributed by atoms with Crippen LogP contribution in [0.1, 0.15) is 37.7 Å². The molecule has 0 aliphatic heterocycles. The van der Waals surface area contributed by atoms with E-state index < -0.39 is 0 Å². The molecule has 4 aliphatic carbocycles. The Morgan fingerprint density at radius 3 is 2.61 bits per heavy atom. The SMILES string of the molecule is ClC1C2CC3CC(C2)CC1(Cc1[c]cccc1)C3. The molecule has 1 aromatic rings. The van der Waals surface area contributed by atoms with Gasteiger partial charge in [0.2, 0.25) is 0 Å². The van der Waals surface area contributed by atoms with Gasteiger partial charge >= 0.3 is 0 Å². The van der Waals surface area contributed by atoms with E-state index in [2.05, 4.69) is 24.3 Å². The van der Waals surface area contributed by atoms with Crippen LogP contribution >= 0.6 is 11.6 Å². The summed E-state index contributed by atoms with van der Waals surface area (Å²) < 4.78 is 0. The van der Waals surface area contributed by atoms with Crippen LogP contribution in [0.3, 0.4) is 0 Å². The van der Waals surface area contributed by atoms with Crippen molar-refractivity contribution in [2.24, 2.45) is 23.2 Å². The normalized spacial score (nSPS) is 45.4. The van der Waals surface area contributed by atoms with Gasteiger partial charge in [-0.25, -0.2) is 0 Å². The van der Waals surface area contributed by atoms with Crippen molar-refractivity contribution in [3.8, 4) is 0 Å². The largest absolute Gasteiger partial charge is 0.122 e. The quantitative estimate of drug-likeness (QED) is 0.688. The van der Waals surface area contributed by atoms with Crippen molar-refractivity contribution < 1.29 is 0 Å². The molecule has 95 valence electrons. The van der Waals surface area contributed by atoms with Crippen molar-refractivity contribution in [1.29, 1.82) is 0 Å². The second-order valence-corrected chi connectivity index (χ2v) is 7.41. The van der Waals surface area contributed by atoms with Crippen molar-refractivity contribution in [3.05, 3.63) is 35.9 Å². The molecule has 4 aliphatic rings. The van der Waals surface area contributed by atoms with Gasteiger partial charge in [-0.1, -0.05) is 24.3 Å². The van der Waals surface area contributed by atoms with Gasteiger partial charge in [0.1, 0.15) is 0 Å². The molecule has 1 radical (unpaired) electrons. The van der Waals surface area contributed by atoms with E-state index in [1.54, 1.807) is 0 Å². The molecule has 0 N–H and O–H groups in total. The Balaban J connectivity index is 1.65. The maximum atomic E-state index is 6.86. The van der Waals surface area contributed by atoms with E-state index in [0.717, 1.165) is 24.2 Å². The minimum absolute atomic E-state index is 0.397. The zero-order chi connectivity index (χ0) is 12.2. The van der Waals surface area contributed by atoms with Gasteiger partial charge in [-0.3, -0.25) is 0 Å². The number of hydrogen-bond acceptors (Lipinski definition) is 0. The van der Waals surface area contributed by atoms with Crippen molar-refractivity contribution in [3.63, 3.8) is 0 Å². The lowest BCUT2D eigenvalue weighted by molar-refractivity contribution is -0.0471. The fourth-order valence-electron chi connectivity index (χ4n) is 5.31. The van der Waals surface area contributed by atoms with Crippen LogP contribution in [0.4, 0.5) is 0 Å². The number of halogens is 1. The number of alkyl halides is 1. The molecule has 4 fully saturated rings. The molecule has 4 bridgehead atoms. The molecular weight excluding hydrogens is 240 g/mol. The first-order valence-electron chi connectivity index (χ1n) is 7.35. The predicted octanol–water partition coefficient (Wildman–Crippen LogP) is 4.46.